The third-order valence-electron chi connectivity index (χ3n) is 2.74. The van der Waals surface area contributed by atoms with E-state index in [1.807, 2.05) is 19.1 Å². The minimum atomic E-state index is -0.558. The van der Waals surface area contributed by atoms with Crippen LogP contribution in [0.3, 0.4) is 0 Å². The molecule has 1 N–H and O–H groups in total. The Bertz CT molecular complexity index is 541. The van der Waals surface area contributed by atoms with E-state index in [0.717, 1.165) is 17.3 Å². The van der Waals surface area contributed by atoms with Crippen molar-refractivity contribution in [2.75, 3.05) is 0 Å². The van der Waals surface area contributed by atoms with Crippen molar-refractivity contribution < 1.29 is 8.78 Å². The first-order chi connectivity index (χ1) is 8.66. The molecule has 2 aromatic rings. The Balaban J connectivity index is 1.95. The van der Waals surface area contributed by atoms with Crippen molar-refractivity contribution in [2.24, 2.45) is 0 Å². The number of pyridine rings is 1. The Kier molecular flexibility index (Phi) is 3.99. The summed E-state index contributed by atoms with van der Waals surface area (Å²) in [5.74, 6) is -1.09. The molecule has 0 saturated heterocycles. The van der Waals surface area contributed by atoms with Gasteiger partial charge < -0.3 is 5.32 Å². The highest BCUT2D eigenvalue weighted by Gasteiger charge is 2.04. The van der Waals surface area contributed by atoms with E-state index in [-0.39, 0.29) is 0 Å². The largest absolute Gasteiger partial charge is 0.307 e. The lowest BCUT2D eigenvalue weighted by Crippen LogP contribution is -2.15. The van der Waals surface area contributed by atoms with Gasteiger partial charge in [-0.1, -0.05) is 12.1 Å². The van der Waals surface area contributed by atoms with E-state index in [1.54, 1.807) is 6.20 Å². The quantitative estimate of drug-likeness (QED) is 0.899. The molecule has 0 saturated carbocycles. The smallest absolute Gasteiger partial charge is 0.130 e. The van der Waals surface area contributed by atoms with Crippen LogP contribution in [0.15, 0.2) is 36.5 Å². The number of halogens is 2. The van der Waals surface area contributed by atoms with Gasteiger partial charge in [-0.25, -0.2) is 8.78 Å². The number of aromatic nitrogens is 1. The molecule has 0 atom stereocenters. The van der Waals surface area contributed by atoms with E-state index in [2.05, 4.69) is 10.3 Å². The number of benzene rings is 1. The summed E-state index contributed by atoms with van der Waals surface area (Å²) < 4.78 is 26.1. The van der Waals surface area contributed by atoms with Crippen molar-refractivity contribution in [2.45, 2.75) is 20.0 Å². The molecular formula is C14H14F2N2. The van der Waals surface area contributed by atoms with Crippen LogP contribution in [0.4, 0.5) is 8.78 Å². The summed E-state index contributed by atoms with van der Waals surface area (Å²) in [5, 5.41) is 3.09. The van der Waals surface area contributed by atoms with Gasteiger partial charge >= 0.3 is 0 Å². The molecule has 0 spiro atoms. The SMILES string of the molecule is Cc1cccnc1CNCc1ccc(F)cc1F. The van der Waals surface area contributed by atoms with Crippen LogP contribution in [-0.4, -0.2) is 4.98 Å². The zero-order valence-corrected chi connectivity index (χ0v) is 10.1. The summed E-state index contributed by atoms with van der Waals surface area (Å²) in [6.07, 6.45) is 1.72. The van der Waals surface area contributed by atoms with Gasteiger partial charge in [-0.2, -0.15) is 0 Å². The van der Waals surface area contributed by atoms with Gasteiger partial charge in [0.2, 0.25) is 0 Å². The highest BCUT2D eigenvalue weighted by molar-refractivity contribution is 5.20. The van der Waals surface area contributed by atoms with Crippen LogP contribution in [0.25, 0.3) is 0 Å². The standard InChI is InChI=1S/C14H14F2N2/c1-10-3-2-6-18-14(10)9-17-8-11-4-5-12(15)7-13(11)16/h2-7,17H,8-9H2,1H3. The molecule has 4 heteroatoms. The molecule has 0 unspecified atom stereocenters. The molecule has 1 aromatic heterocycles. The maximum atomic E-state index is 13.4. The third-order valence-corrected chi connectivity index (χ3v) is 2.74. The fraction of sp³-hybridized carbons (Fsp3) is 0.214. The molecule has 0 aliphatic heterocycles. The van der Waals surface area contributed by atoms with Crippen LogP contribution < -0.4 is 5.32 Å². The van der Waals surface area contributed by atoms with Gasteiger partial charge in [-0.15, -0.1) is 0 Å². The van der Waals surface area contributed by atoms with Crippen LogP contribution in [0.5, 0.6) is 0 Å². The van der Waals surface area contributed by atoms with Gasteiger partial charge in [-0.05, 0) is 24.6 Å². The number of hydrogen-bond donors (Lipinski definition) is 1. The Hall–Kier alpha value is -1.81. The lowest BCUT2D eigenvalue weighted by atomic mass is 10.2. The van der Waals surface area contributed by atoms with Gasteiger partial charge in [-0.3, -0.25) is 4.98 Å². The van der Waals surface area contributed by atoms with Crippen LogP contribution in [0.2, 0.25) is 0 Å². The van der Waals surface area contributed by atoms with Crippen molar-refractivity contribution in [1.82, 2.24) is 10.3 Å². The minimum Gasteiger partial charge on any atom is -0.307 e. The second kappa shape index (κ2) is 5.69. The molecule has 1 aromatic carbocycles. The Morgan fingerprint density at radius 1 is 1.17 bits per heavy atom. The normalized spacial score (nSPS) is 10.6. The zero-order chi connectivity index (χ0) is 13.0. The number of nitrogens with zero attached hydrogens (tertiary/aromatic N) is 1. The van der Waals surface area contributed by atoms with Gasteiger partial charge in [0, 0.05) is 30.9 Å². The first kappa shape index (κ1) is 12.6. The van der Waals surface area contributed by atoms with Crippen LogP contribution in [0, 0.1) is 18.6 Å². The first-order valence-corrected chi connectivity index (χ1v) is 5.72. The van der Waals surface area contributed by atoms with E-state index in [9.17, 15) is 8.78 Å². The molecule has 18 heavy (non-hydrogen) atoms. The molecule has 0 aliphatic rings. The van der Waals surface area contributed by atoms with E-state index in [1.165, 1.54) is 12.1 Å². The number of hydrogen-bond acceptors (Lipinski definition) is 2. The Morgan fingerprint density at radius 3 is 2.72 bits per heavy atom. The summed E-state index contributed by atoms with van der Waals surface area (Å²) >= 11 is 0. The van der Waals surface area contributed by atoms with Crippen LogP contribution in [0.1, 0.15) is 16.8 Å². The fourth-order valence-electron chi connectivity index (χ4n) is 1.68. The van der Waals surface area contributed by atoms with Gasteiger partial charge in [0.25, 0.3) is 0 Å². The summed E-state index contributed by atoms with van der Waals surface area (Å²) in [5.41, 5.74) is 2.47. The van der Waals surface area contributed by atoms with Crippen molar-refractivity contribution >= 4 is 0 Å². The second-order valence-electron chi connectivity index (χ2n) is 4.11. The molecule has 2 rings (SSSR count). The van der Waals surface area contributed by atoms with Crippen molar-refractivity contribution in [3.8, 4) is 0 Å². The van der Waals surface area contributed by atoms with Crippen molar-refractivity contribution in [3.05, 3.63) is 65.0 Å². The molecule has 0 bridgehead atoms. The van der Waals surface area contributed by atoms with E-state index >= 15 is 0 Å². The molecule has 1 heterocycles. The number of aryl methyl sites for hydroxylation is 1. The monoisotopic (exact) mass is 248 g/mol. The summed E-state index contributed by atoms with van der Waals surface area (Å²) in [4.78, 5) is 4.23. The predicted octanol–water partition coefficient (Wildman–Crippen LogP) is 2.96. The van der Waals surface area contributed by atoms with Gasteiger partial charge in [0.05, 0.1) is 5.69 Å². The second-order valence-corrected chi connectivity index (χ2v) is 4.11. The van der Waals surface area contributed by atoms with Gasteiger partial charge in [0.15, 0.2) is 0 Å². The lowest BCUT2D eigenvalue weighted by molar-refractivity contribution is 0.559. The average molecular weight is 248 g/mol. The maximum Gasteiger partial charge on any atom is 0.130 e. The molecule has 0 radical (unpaired) electrons. The van der Waals surface area contributed by atoms with Gasteiger partial charge in [0.1, 0.15) is 11.6 Å². The van der Waals surface area contributed by atoms with Crippen molar-refractivity contribution in [3.63, 3.8) is 0 Å². The fourth-order valence-corrected chi connectivity index (χ4v) is 1.68. The number of rotatable bonds is 4. The zero-order valence-electron chi connectivity index (χ0n) is 10.1. The van der Waals surface area contributed by atoms with Crippen molar-refractivity contribution in [1.29, 1.82) is 0 Å². The molecule has 0 fully saturated rings. The molecule has 94 valence electrons. The Morgan fingerprint density at radius 2 is 2.00 bits per heavy atom. The first-order valence-electron chi connectivity index (χ1n) is 5.72. The summed E-state index contributed by atoms with van der Waals surface area (Å²) in [6, 6.07) is 7.44. The van der Waals surface area contributed by atoms with E-state index in [4.69, 9.17) is 0 Å². The topological polar surface area (TPSA) is 24.9 Å². The van der Waals surface area contributed by atoms with E-state index in [0.29, 0.717) is 18.7 Å². The highest BCUT2D eigenvalue weighted by atomic mass is 19.1. The highest BCUT2D eigenvalue weighted by Crippen LogP contribution is 2.09. The molecule has 2 nitrogen and oxygen atoms in total. The van der Waals surface area contributed by atoms with E-state index < -0.39 is 11.6 Å². The predicted molar refractivity (Wildman–Crippen MR) is 65.9 cm³/mol. The Labute approximate surface area is 105 Å². The third kappa shape index (κ3) is 3.11. The maximum absolute atomic E-state index is 13.4. The number of nitrogens with one attached hydrogen (secondary N) is 1. The summed E-state index contributed by atoms with van der Waals surface area (Å²) in [6.45, 7) is 2.88. The van der Waals surface area contributed by atoms with Crippen LogP contribution in [-0.2, 0) is 13.1 Å². The molecule has 0 aliphatic carbocycles. The lowest BCUT2D eigenvalue weighted by Gasteiger charge is -2.07. The van der Waals surface area contributed by atoms with Crippen LogP contribution >= 0.6 is 0 Å². The molecular weight excluding hydrogens is 234 g/mol. The minimum absolute atomic E-state index is 0.349. The summed E-state index contributed by atoms with van der Waals surface area (Å²) in [7, 11) is 0. The average Bonchev–Trinajstić information content (AvgIpc) is 2.34. The molecule has 0 amide bonds.